The summed E-state index contributed by atoms with van der Waals surface area (Å²) >= 11 is 0. The van der Waals surface area contributed by atoms with E-state index in [0.717, 1.165) is 52.1 Å². The monoisotopic (exact) mass is 504 g/mol. The maximum absolute atomic E-state index is 12.9. The number of ether oxygens (including phenoxy) is 2. The highest BCUT2D eigenvalue weighted by molar-refractivity contribution is 5.86. The molecule has 184 valence electrons. The molecule has 1 amide bonds. The van der Waals surface area contributed by atoms with Gasteiger partial charge in [-0.05, 0) is 45.7 Å². The standard InChI is InChI=1S/C20H36N4O4.3ClH/c1-16(22-11-13-23(14-12-22)17-3-7-21-8-4-17)20(26)24-9-5-18(6-10-24)28-15-19(25)27-2;;;/h16-18,21H,3-15H2,1-2H3;3*1H. The fraction of sp³-hybridized carbons (Fsp3) is 0.900. The quantitative estimate of drug-likeness (QED) is 0.544. The smallest absolute Gasteiger partial charge is 0.331 e. The van der Waals surface area contributed by atoms with Gasteiger partial charge in [0.1, 0.15) is 6.61 Å². The first-order valence-electron chi connectivity index (χ1n) is 10.7. The molecule has 1 unspecified atom stereocenters. The number of nitrogens with zero attached hydrogens (tertiary/aromatic N) is 3. The van der Waals surface area contributed by atoms with Gasteiger partial charge in [0.2, 0.25) is 5.91 Å². The predicted octanol–water partition coefficient (Wildman–Crippen LogP) is 1.19. The van der Waals surface area contributed by atoms with E-state index in [0.29, 0.717) is 19.1 Å². The van der Waals surface area contributed by atoms with Gasteiger partial charge in [0.25, 0.3) is 0 Å². The first kappa shape index (κ1) is 30.6. The number of halogens is 3. The SMILES string of the molecule is COC(=O)COC1CCN(C(=O)C(C)N2CCN(C3CCNCC3)CC2)CC1.Cl.Cl.Cl. The minimum atomic E-state index is -0.351. The Morgan fingerprint density at radius 3 is 2.06 bits per heavy atom. The van der Waals surface area contributed by atoms with Crippen molar-refractivity contribution < 1.29 is 19.1 Å². The van der Waals surface area contributed by atoms with Crippen molar-refractivity contribution in [3.8, 4) is 0 Å². The Morgan fingerprint density at radius 2 is 1.52 bits per heavy atom. The average Bonchev–Trinajstić information content (AvgIpc) is 2.77. The van der Waals surface area contributed by atoms with Crippen LogP contribution < -0.4 is 5.32 Å². The number of methoxy groups -OCH3 is 1. The van der Waals surface area contributed by atoms with Gasteiger partial charge in [-0.2, -0.15) is 0 Å². The molecule has 0 aromatic rings. The van der Waals surface area contributed by atoms with Crippen LogP contribution >= 0.6 is 37.2 Å². The van der Waals surface area contributed by atoms with E-state index in [1.807, 2.05) is 11.8 Å². The number of hydrogen-bond donors (Lipinski definition) is 1. The highest BCUT2D eigenvalue weighted by Crippen LogP contribution is 2.19. The summed E-state index contributed by atoms with van der Waals surface area (Å²) in [5, 5.41) is 3.43. The first-order valence-corrected chi connectivity index (χ1v) is 10.7. The van der Waals surface area contributed by atoms with Crippen LogP contribution in [0.15, 0.2) is 0 Å². The molecule has 1 N–H and O–H groups in total. The Bertz CT molecular complexity index is 525. The van der Waals surface area contributed by atoms with Crippen molar-refractivity contribution in [2.24, 2.45) is 0 Å². The number of piperidine rings is 2. The van der Waals surface area contributed by atoms with Gasteiger partial charge in [-0.3, -0.25) is 14.6 Å². The van der Waals surface area contributed by atoms with E-state index in [2.05, 4.69) is 19.9 Å². The molecule has 3 saturated heterocycles. The molecule has 3 aliphatic heterocycles. The van der Waals surface area contributed by atoms with Crippen molar-refractivity contribution in [2.45, 2.75) is 50.8 Å². The summed E-state index contributed by atoms with van der Waals surface area (Å²) in [7, 11) is 1.36. The number of carbonyl (C=O) groups is 2. The molecular weight excluding hydrogens is 467 g/mol. The molecule has 3 rings (SSSR count). The Kier molecular flexibility index (Phi) is 15.3. The Balaban J connectivity index is 0.00000300. The van der Waals surface area contributed by atoms with Gasteiger partial charge >= 0.3 is 5.97 Å². The van der Waals surface area contributed by atoms with E-state index in [9.17, 15) is 9.59 Å². The van der Waals surface area contributed by atoms with Crippen LogP contribution in [0.25, 0.3) is 0 Å². The van der Waals surface area contributed by atoms with E-state index in [-0.39, 0.29) is 67.9 Å². The fourth-order valence-electron chi connectivity index (χ4n) is 4.57. The molecule has 1 atom stereocenters. The van der Waals surface area contributed by atoms with Crippen molar-refractivity contribution >= 4 is 49.1 Å². The number of likely N-dealkylation sites (tertiary alicyclic amines) is 1. The van der Waals surface area contributed by atoms with Gasteiger partial charge in [-0.25, -0.2) is 4.79 Å². The summed E-state index contributed by atoms with van der Waals surface area (Å²) in [6.45, 7) is 9.74. The zero-order valence-electron chi connectivity index (χ0n) is 18.6. The minimum absolute atomic E-state index is 0. The van der Waals surface area contributed by atoms with Crippen molar-refractivity contribution in [3.63, 3.8) is 0 Å². The summed E-state index contributed by atoms with van der Waals surface area (Å²) < 4.78 is 10.2. The third-order valence-electron chi connectivity index (χ3n) is 6.50. The van der Waals surface area contributed by atoms with E-state index in [4.69, 9.17) is 4.74 Å². The number of hydrogen-bond acceptors (Lipinski definition) is 7. The molecule has 0 radical (unpaired) electrons. The molecule has 8 nitrogen and oxygen atoms in total. The van der Waals surface area contributed by atoms with Gasteiger partial charge in [-0.1, -0.05) is 0 Å². The Morgan fingerprint density at radius 1 is 0.935 bits per heavy atom. The lowest BCUT2D eigenvalue weighted by molar-refractivity contribution is -0.150. The van der Waals surface area contributed by atoms with Crippen LogP contribution in [0.4, 0.5) is 0 Å². The van der Waals surface area contributed by atoms with Crippen molar-refractivity contribution in [1.29, 1.82) is 0 Å². The lowest BCUT2D eigenvalue weighted by Crippen LogP contribution is -2.58. The first-order chi connectivity index (χ1) is 13.6. The molecule has 0 aliphatic carbocycles. The second kappa shape index (κ2) is 15.5. The molecule has 31 heavy (non-hydrogen) atoms. The van der Waals surface area contributed by atoms with Gasteiger partial charge in [-0.15, -0.1) is 37.2 Å². The summed E-state index contributed by atoms with van der Waals surface area (Å²) in [4.78, 5) is 31.0. The number of rotatable bonds is 6. The Hall–Kier alpha value is -0.350. The zero-order chi connectivity index (χ0) is 19.9. The third kappa shape index (κ3) is 8.84. The molecule has 0 saturated carbocycles. The number of carbonyl (C=O) groups excluding carboxylic acids is 2. The highest BCUT2D eigenvalue weighted by Gasteiger charge is 2.32. The Labute approximate surface area is 204 Å². The highest BCUT2D eigenvalue weighted by atomic mass is 35.5. The topological polar surface area (TPSA) is 74.4 Å². The van der Waals surface area contributed by atoms with E-state index < -0.39 is 0 Å². The maximum Gasteiger partial charge on any atom is 0.331 e. The molecule has 3 fully saturated rings. The van der Waals surface area contributed by atoms with E-state index in [1.54, 1.807) is 0 Å². The molecular formula is C20H39Cl3N4O4. The van der Waals surface area contributed by atoms with E-state index in [1.165, 1.54) is 20.0 Å². The summed E-state index contributed by atoms with van der Waals surface area (Å²) in [6, 6.07) is 0.640. The molecule has 0 spiro atoms. The van der Waals surface area contributed by atoms with Crippen LogP contribution in [0.1, 0.15) is 32.6 Å². The van der Waals surface area contributed by atoms with Crippen molar-refractivity contribution in [3.05, 3.63) is 0 Å². The van der Waals surface area contributed by atoms with Gasteiger partial charge < -0.3 is 19.7 Å². The molecule has 3 aliphatic rings. The number of piperazine rings is 1. The van der Waals surface area contributed by atoms with Gasteiger partial charge in [0, 0.05) is 45.3 Å². The maximum atomic E-state index is 12.9. The van der Waals surface area contributed by atoms with Crippen molar-refractivity contribution in [2.75, 3.05) is 66.1 Å². The fourth-order valence-corrected chi connectivity index (χ4v) is 4.57. The average molecular weight is 506 g/mol. The van der Waals surface area contributed by atoms with Crippen LogP contribution in [-0.2, 0) is 19.1 Å². The van der Waals surface area contributed by atoms with Crippen LogP contribution in [0.5, 0.6) is 0 Å². The van der Waals surface area contributed by atoms with Crippen LogP contribution in [0.2, 0.25) is 0 Å². The second-order valence-corrected chi connectivity index (χ2v) is 8.14. The molecule has 0 aromatic heterocycles. The number of amides is 1. The largest absolute Gasteiger partial charge is 0.467 e. The number of nitrogens with one attached hydrogen (secondary N) is 1. The lowest BCUT2D eigenvalue weighted by atomic mass is 10.0. The third-order valence-corrected chi connectivity index (χ3v) is 6.50. The molecule has 0 bridgehead atoms. The summed E-state index contributed by atoms with van der Waals surface area (Å²) in [6.07, 6.45) is 4.06. The number of esters is 1. The zero-order valence-corrected chi connectivity index (χ0v) is 21.1. The predicted molar refractivity (Wildman–Crippen MR) is 128 cm³/mol. The van der Waals surface area contributed by atoms with Gasteiger partial charge in [0.15, 0.2) is 0 Å². The normalized spacial score (nSPS) is 22.5. The van der Waals surface area contributed by atoms with Crippen molar-refractivity contribution in [1.82, 2.24) is 20.0 Å². The molecule has 0 aromatic carbocycles. The minimum Gasteiger partial charge on any atom is -0.467 e. The van der Waals surface area contributed by atoms with Crippen LogP contribution in [0, 0.1) is 0 Å². The van der Waals surface area contributed by atoms with Crippen LogP contribution in [-0.4, -0.2) is 111 Å². The summed E-state index contributed by atoms with van der Waals surface area (Å²) in [5.74, 6) is -0.127. The van der Waals surface area contributed by atoms with E-state index >= 15 is 0 Å². The molecule has 3 heterocycles. The lowest BCUT2D eigenvalue weighted by Gasteiger charge is -2.43. The summed E-state index contributed by atoms with van der Waals surface area (Å²) in [5.41, 5.74) is 0. The van der Waals surface area contributed by atoms with Gasteiger partial charge in [0.05, 0.1) is 19.3 Å². The van der Waals surface area contributed by atoms with Crippen LogP contribution in [0.3, 0.4) is 0 Å². The molecule has 11 heteroatoms. The second-order valence-electron chi connectivity index (χ2n) is 8.14.